The molecule has 0 bridgehead atoms. The zero-order chi connectivity index (χ0) is 17.7. The number of methoxy groups -OCH3 is 1. The van der Waals surface area contributed by atoms with Gasteiger partial charge >= 0.3 is 0 Å². The third-order valence-corrected chi connectivity index (χ3v) is 5.46. The first-order chi connectivity index (χ1) is 12.0. The fourth-order valence-electron chi connectivity index (χ4n) is 4.14. The second kappa shape index (κ2) is 5.53. The topological polar surface area (TPSA) is 41.9 Å². The summed E-state index contributed by atoms with van der Waals surface area (Å²) in [6.45, 7) is 4.93. The molecule has 0 saturated heterocycles. The predicted octanol–water partition coefficient (Wildman–Crippen LogP) is 3.59. The number of hydrogen-bond acceptors (Lipinski definition) is 4. The molecule has 0 amide bonds. The van der Waals surface area contributed by atoms with E-state index in [9.17, 15) is 5.11 Å². The Bertz CT molecular complexity index is 843. The molecule has 0 radical (unpaired) electrons. The van der Waals surface area contributed by atoms with Gasteiger partial charge in [-0.15, -0.1) is 0 Å². The van der Waals surface area contributed by atoms with E-state index in [1.807, 2.05) is 24.3 Å². The zero-order valence-corrected chi connectivity index (χ0v) is 14.8. The van der Waals surface area contributed by atoms with Crippen LogP contribution >= 0.6 is 0 Å². The molecule has 130 valence electrons. The highest BCUT2D eigenvalue weighted by Gasteiger charge is 2.58. The molecule has 0 aliphatic carbocycles. The number of nitrogens with zero attached hydrogens (tertiary/aromatic N) is 1. The van der Waals surface area contributed by atoms with Crippen molar-refractivity contribution in [1.82, 2.24) is 0 Å². The molecule has 4 heteroatoms. The van der Waals surface area contributed by atoms with Crippen LogP contribution in [0.2, 0.25) is 0 Å². The zero-order valence-electron chi connectivity index (χ0n) is 14.8. The highest BCUT2D eigenvalue weighted by atomic mass is 16.5. The normalized spacial score (nSPS) is 22.5. The Morgan fingerprint density at radius 1 is 1.12 bits per heavy atom. The standard InChI is InChI=1S/C21H23NO3/c1-20(2)16-8-4-5-9-17(16)22(13-14-23)21(20)12-11-15-7-6-10-18(24-3)19(15)25-21/h4-12,23H,13-14H2,1-3H3/t21-/m1/s1. The van der Waals surface area contributed by atoms with E-state index in [-0.39, 0.29) is 12.0 Å². The van der Waals surface area contributed by atoms with Crippen molar-refractivity contribution in [2.24, 2.45) is 0 Å². The van der Waals surface area contributed by atoms with Crippen molar-refractivity contribution < 1.29 is 14.6 Å². The number of para-hydroxylation sites is 2. The summed E-state index contributed by atoms with van der Waals surface area (Å²) in [7, 11) is 1.66. The van der Waals surface area contributed by atoms with Gasteiger partial charge in [0, 0.05) is 17.8 Å². The quantitative estimate of drug-likeness (QED) is 0.929. The van der Waals surface area contributed by atoms with Crippen molar-refractivity contribution in [3.05, 3.63) is 59.7 Å². The fourth-order valence-corrected chi connectivity index (χ4v) is 4.14. The highest BCUT2D eigenvalue weighted by molar-refractivity contribution is 5.73. The second-order valence-electron chi connectivity index (χ2n) is 7.03. The molecule has 2 aliphatic rings. The molecule has 0 saturated carbocycles. The second-order valence-corrected chi connectivity index (χ2v) is 7.03. The monoisotopic (exact) mass is 337 g/mol. The molecule has 1 atom stereocenters. The Labute approximate surface area is 148 Å². The minimum Gasteiger partial charge on any atom is -0.493 e. The van der Waals surface area contributed by atoms with Crippen LogP contribution in [-0.2, 0) is 5.41 Å². The van der Waals surface area contributed by atoms with Gasteiger partial charge in [-0.2, -0.15) is 0 Å². The smallest absolute Gasteiger partial charge is 0.212 e. The van der Waals surface area contributed by atoms with E-state index < -0.39 is 5.72 Å². The van der Waals surface area contributed by atoms with Crippen molar-refractivity contribution >= 4 is 11.8 Å². The van der Waals surface area contributed by atoms with Crippen LogP contribution < -0.4 is 14.4 Å². The first kappa shape index (κ1) is 16.0. The molecule has 4 nitrogen and oxygen atoms in total. The van der Waals surface area contributed by atoms with Crippen molar-refractivity contribution in [1.29, 1.82) is 0 Å². The van der Waals surface area contributed by atoms with Crippen LogP contribution in [0.25, 0.3) is 6.08 Å². The number of rotatable bonds is 3. The number of aliphatic hydroxyl groups excluding tert-OH is 1. The van der Waals surface area contributed by atoms with Gasteiger partial charge in [-0.1, -0.05) is 30.3 Å². The number of ether oxygens (including phenoxy) is 2. The summed E-state index contributed by atoms with van der Waals surface area (Å²) in [5, 5.41) is 9.69. The summed E-state index contributed by atoms with van der Waals surface area (Å²) in [5.74, 6) is 1.47. The van der Waals surface area contributed by atoms with Crippen LogP contribution in [0.3, 0.4) is 0 Å². The molecule has 2 aromatic rings. The molecule has 0 fully saturated rings. The van der Waals surface area contributed by atoms with Crippen LogP contribution in [-0.4, -0.2) is 31.1 Å². The molecule has 1 spiro atoms. The average molecular weight is 337 g/mol. The number of fused-ring (bicyclic) bond motifs is 2. The lowest BCUT2D eigenvalue weighted by Gasteiger charge is -2.47. The molecule has 2 aliphatic heterocycles. The number of aliphatic hydroxyl groups is 1. The van der Waals surface area contributed by atoms with Gasteiger partial charge in [0.1, 0.15) is 0 Å². The Hall–Kier alpha value is -2.46. The molecule has 4 rings (SSSR count). The summed E-state index contributed by atoms with van der Waals surface area (Å²) < 4.78 is 12.2. The number of hydrogen-bond donors (Lipinski definition) is 1. The van der Waals surface area contributed by atoms with Crippen molar-refractivity contribution in [2.45, 2.75) is 25.0 Å². The first-order valence-corrected chi connectivity index (χ1v) is 8.58. The lowest BCUT2D eigenvalue weighted by molar-refractivity contribution is 0.0477. The highest BCUT2D eigenvalue weighted by Crippen LogP contribution is 2.55. The van der Waals surface area contributed by atoms with Gasteiger partial charge in [0.15, 0.2) is 11.5 Å². The Morgan fingerprint density at radius 2 is 1.92 bits per heavy atom. The number of β-amino-alcohol motifs (C(OH)–C–C–N with tert-alkyl or cyclic N) is 1. The molecule has 2 aromatic carbocycles. The third-order valence-electron chi connectivity index (χ3n) is 5.46. The maximum Gasteiger partial charge on any atom is 0.212 e. The maximum absolute atomic E-state index is 9.69. The van der Waals surface area contributed by atoms with Gasteiger partial charge in [0.25, 0.3) is 0 Å². The molecule has 25 heavy (non-hydrogen) atoms. The molecule has 0 unspecified atom stereocenters. The van der Waals surface area contributed by atoms with E-state index >= 15 is 0 Å². The van der Waals surface area contributed by atoms with E-state index in [1.165, 1.54) is 5.56 Å². The van der Waals surface area contributed by atoms with Crippen LogP contribution in [0.5, 0.6) is 11.5 Å². The number of anilines is 1. The van der Waals surface area contributed by atoms with Crippen LogP contribution in [0, 0.1) is 0 Å². The maximum atomic E-state index is 9.69. The average Bonchev–Trinajstić information content (AvgIpc) is 2.81. The summed E-state index contributed by atoms with van der Waals surface area (Å²) >= 11 is 0. The minimum absolute atomic E-state index is 0.0577. The van der Waals surface area contributed by atoms with E-state index in [1.54, 1.807) is 7.11 Å². The minimum atomic E-state index is -0.707. The summed E-state index contributed by atoms with van der Waals surface area (Å²) in [4.78, 5) is 2.16. The molecule has 0 aromatic heterocycles. The Kier molecular flexibility index (Phi) is 3.55. The molecular weight excluding hydrogens is 314 g/mol. The van der Waals surface area contributed by atoms with Gasteiger partial charge in [-0.3, -0.25) is 0 Å². The fraction of sp³-hybridized carbons (Fsp3) is 0.333. The molecule has 2 heterocycles. The van der Waals surface area contributed by atoms with E-state index in [0.29, 0.717) is 6.54 Å². The van der Waals surface area contributed by atoms with Gasteiger partial charge in [-0.25, -0.2) is 0 Å². The van der Waals surface area contributed by atoms with Crippen LogP contribution in [0.4, 0.5) is 5.69 Å². The molecule has 1 N–H and O–H groups in total. The van der Waals surface area contributed by atoms with E-state index in [2.05, 4.69) is 49.1 Å². The van der Waals surface area contributed by atoms with E-state index in [4.69, 9.17) is 9.47 Å². The Balaban J connectivity index is 1.92. The van der Waals surface area contributed by atoms with Crippen molar-refractivity contribution in [3.63, 3.8) is 0 Å². The van der Waals surface area contributed by atoms with Gasteiger partial charge in [-0.05, 0) is 43.7 Å². The first-order valence-electron chi connectivity index (χ1n) is 8.58. The SMILES string of the molecule is COc1cccc2c1O[C@@]1(C=C2)N(CCO)c2ccccc2C1(C)C. The van der Waals surface area contributed by atoms with Crippen molar-refractivity contribution in [3.8, 4) is 11.5 Å². The summed E-state index contributed by atoms with van der Waals surface area (Å²) in [5.41, 5.74) is 2.31. The van der Waals surface area contributed by atoms with Gasteiger partial charge < -0.3 is 19.5 Å². The van der Waals surface area contributed by atoms with Gasteiger partial charge in [0.05, 0.1) is 19.1 Å². The largest absolute Gasteiger partial charge is 0.493 e. The Morgan fingerprint density at radius 3 is 2.68 bits per heavy atom. The third kappa shape index (κ3) is 2.04. The van der Waals surface area contributed by atoms with Crippen LogP contribution in [0.1, 0.15) is 25.0 Å². The summed E-state index contributed by atoms with van der Waals surface area (Å²) in [6, 6.07) is 14.2. The lowest BCUT2D eigenvalue weighted by Crippen LogP contribution is -2.60. The van der Waals surface area contributed by atoms with E-state index in [0.717, 1.165) is 22.7 Å². The van der Waals surface area contributed by atoms with Crippen molar-refractivity contribution in [2.75, 3.05) is 25.2 Å². The summed E-state index contributed by atoms with van der Waals surface area (Å²) in [6.07, 6.45) is 4.21. The predicted molar refractivity (Wildman–Crippen MR) is 99.3 cm³/mol. The number of benzene rings is 2. The lowest BCUT2D eigenvalue weighted by atomic mass is 9.76. The van der Waals surface area contributed by atoms with Gasteiger partial charge in [0.2, 0.25) is 5.72 Å². The molecular formula is C21H23NO3. The van der Waals surface area contributed by atoms with Crippen LogP contribution in [0.15, 0.2) is 48.5 Å².